The molecule has 0 aliphatic carbocycles. The standard InChI is InChI=1S/C6H12O6.Na.H2O.H/c7-1-3(9)5(11)6(12)4(10)2-8;;;/h1,3-6,8-12H,2H2;;1H2;/q;+1;;-1/t3-,4+,5+,6+;;;/m0.../s1. The molecule has 82 valence electrons. The van der Waals surface area contributed by atoms with Crippen LogP contribution in [0.25, 0.3) is 0 Å². The maximum Gasteiger partial charge on any atom is 1.00 e. The summed E-state index contributed by atoms with van der Waals surface area (Å²) in [4.78, 5) is 9.90. The summed E-state index contributed by atoms with van der Waals surface area (Å²) in [5.74, 6) is 0. The molecule has 0 saturated heterocycles. The first-order valence-corrected chi connectivity index (χ1v) is 3.33. The molecule has 0 unspecified atom stereocenters. The minimum Gasteiger partial charge on any atom is -1.00 e. The van der Waals surface area contributed by atoms with E-state index in [0.29, 0.717) is 0 Å². The maximum absolute atomic E-state index is 9.90. The van der Waals surface area contributed by atoms with Gasteiger partial charge in [0.25, 0.3) is 0 Å². The van der Waals surface area contributed by atoms with Gasteiger partial charge in [-0.25, -0.2) is 0 Å². The van der Waals surface area contributed by atoms with Crippen LogP contribution in [0.5, 0.6) is 0 Å². The van der Waals surface area contributed by atoms with E-state index in [9.17, 15) is 4.79 Å². The second kappa shape index (κ2) is 9.97. The molecule has 0 amide bonds. The minimum absolute atomic E-state index is 0. The van der Waals surface area contributed by atoms with Gasteiger partial charge in [-0.3, -0.25) is 0 Å². The Morgan fingerprint density at radius 1 is 1.14 bits per heavy atom. The van der Waals surface area contributed by atoms with E-state index in [1.807, 2.05) is 0 Å². The molecule has 14 heavy (non-hydrogen) atoms. The van der Waals surface area contributed by atoms with E-state index in [-0.39, 0.29) is 42.7 Å². The van der Waals surface area contributed by atoms with E-state index in [0.717, 1.165) is 0 Å². The van der Waals surface area contributed by atoms with Crippen LogP contribution in [0, 0.1) is 0 Å². The molecule has 4 atom stereocenters. The number of aliphatic hydroxyl groups is 5. The predicted octanol–water partition coefficient (Wildman–Crippen LogP) is -7.09. The van der Waals surface area contributed by atoms with Crippen LogP contribution < -0.4 is 29.6 Å². The summed E-state index contributed by atoms with van der Waals surface area (Å²) in [6.07, 6.45) is -6.84. The zero-order valence-electron chi connectivity index (χ0n) is 8.74. The van der Waals surface area contributed by atoms with Crippen molar-refractivity contribution in [3.8, 4) is 0 Å². The number of aliphatic hydroxyl groups excluding tert-OH is 5. The zero-order valence-corrected chi connectivity index (χ0v) is 9.74. The molecule has 0 aliphatic heterocycles. The molecule has 0 saturated carbocycles. The van der Waals surface area contributed by atoms with E-state index in [4.69, 9.17) is 25.5 Å². The average Bonchev–Trinajstić information content (AvgIpc) is 2.12. The SMILES string of the molecule is O.O=C[C@H](O)[C@@H](O)[C@H](O)[C@H](O)CO.[H-].[Na+]. The van der Waals surface area contributed by atoms with Gasteiger partial charge in [-0.2, -0.15) is 0 Å². The number of carbonyl (C=O) groups excluding carboxylic acids is 1. The van der Waals surface area contributed by atoms with Crippen LogP contribution in [-0.2, 0) is 4.79 Å². The number of rotatable bonds is 5. The van der Waals surface area contributed by atoms with Gasteiger partial charge in [0.1, 0.15) is 24.4 Å². The van der Waals surface area contributed by atoms with E-state index >= 15 is 0 Å². The Hall–Kier alpha value is 0.430. The van der Waals surface area contributed by atoms with Crippen molar-refractivity contribution in [3.05, 3.63) is 0 Å². The molecular formula is C6H15NaO7. The van der Waals surface area contributed by atoms with Crippen LogP contribution in [0.1, 0.15) is 1.43 Å². The topological polar surface area (TPSA) is 150 Å². The quantitative estimate of drug-likeness (QED) is 0.230. The fourth-order valence-electron chi connectivity index (χ4n) is 0.618. The van der Waals surface area contributed by atoms with Gasteiger partial charge >= 0.3 is 29.6 Å². The van der Waals surface area contributed by atoms with Gasteiger partial charge in [-0.1, -0.05) is 0 Å². The van der Waals surface area contributed by atoms with Gasteiger partial charge in [0, 0.05) is 0 Å². The van der Waals surface area contributed by atoms with E-state index in [2.05, 4.69) is 0 Å². The Morgan fingerprint density at radius 3 is 1.86 bits per heavy atom. The second-order valence-electron chi connectivity index (χ2n) is 2.36. The van der Waals surface area contributed by atoms with Gasteiger partial charge < -0.3 is 37.2 Å². The van der Waals surface area contributed by atoms with Crippen molar-refractivity contribution in [1.29, 1.82) is 0 Å². The van der Waals surface area contributed by atoms with Crippen LogP contribution >= 0.6 is 0 Å². The number of hydrogen-bond acceptors (Lipinski definition) is 6. The first kappa shape index (κ1) is 19.9. The maximum atomic E-state index is 9.90. The van der Waals surface area contributed by atoms with E-state index in [1.54, 1.807) is 0 Å². The smallest absolute Gasteiger partial charge is 1.00 e. The van der Waals surface area contributed by atoms with Gasteiger partial charge in [0.2, 0.25) is 0 Å². The molecule has 0 heterocycles. The molecule has 0 aromatic rings. The van der Waals surface area contributed by atoms with Crippen molar-refractivity contribution >= 4 is 6.29 Å². The third kappa shape index (κ3) is 6.02. The monoisotopic (exact) mass is 222 g/mol. The molecule has 7 nitrogen and oxygen atoms in total. The van der Waals surface area contributed by atoms with E-state index in [1.165, 1.54) is 0 Å². The van der Waals surface area contributed by atoms with Crippen molar-refractivity contribution < 1.29 is 66.8 Å². The van der Waals surface area contributed by atoms with E-state index < -0.39 is 31.0 Å². The molecule has 0 aromatic carbocycles. The van der Waals surface area contributed by atoms with Gasteiger partial charge in [-0.15, -0.1) is 0 Å². The summed E-state index contributed by atoms with van der Waals surface area (Å²) in [7, 11) is 0. The van der Waals surface area contributed by atoms with Gasteiger partial charge in [0.15, 0.2) is 6.29 Å². The molecule has 0 aliphatic rings. The summed E-state index contributed by atoms with van der Waals surface area (Å²) < 4.78 is 0. The fraction of sp³-hybridized carbons (Fsp3) is 0.833. The van der Waals surface area contributed by atoms with Crippen molar-refractivity contribution in [2.24, 2.45) is 0 Å². The summed E-state index contributed by atoms with van der Waals surface area (Å²) in [6.45, 7) is -0.760. The Kier molecular flexibility index (Phi) is 14.2. The predicted molar refractivity (Wildman–Crippen MR) is 41.9 cm³/mol. The summed E-state index contributed by atoms with van der Waals surface area (Å²) in [5.41, 5.74) is 0. The van der Waals surface area contributed by atoms with Crippen molar-refractivity contribution in [2.75, 3.05) is 6.61 Å². The first-order valence-electron chi connectivity index (χ1n) is 3.33. The fourth-order valence-corrected chi connectivity index (χ4v) is 0.618. The molecule has 0 bridgehead atoms. The number of hydrogen-bond donors (Lipinski definition) is 5. The molecular weight excluding hydrogens is 207 g/mol. The second-order valence-corrected chi connectivity index (χ2v) is 2.36. The molecule has 0 spiro atoms. The molecule has 0 rings (SSSR count). The minimum atomic E-state index is -1.79. The third-order valence-corrected chi connectivity index (χ3v) is 1.42. The van der Waals surface area contributed by atoms with Gasteiger partial charge in [-0.05, 0) is 0 Å². The van der Waals surface area contributed by atoms with Crippen LogP contribution in [0.4, 0.5) is 0 Å². The van der Waals surface area contributed by atoms with Crippen LogP contribution in [0.2, 0.25) is 0 Å². The third-order valence-electron chi connectivity index (χ3n) is 1.42. The van der Waals surface area contributed by atoms with Crippen molar-refractivity contribution in [3.63, 3.8) is 0 Å². The Morgan fingerprint density at radius 2 is 1.57 bits per heavy atom. The largest absolute Gasteiger partial charge is 1.00 e. The first-order chi connectivity index (χ1) is 5.54. The van der Waals surface area contributed by atoms with Crippen LogP contribution in [0.15, 0.2) is 0 Å². The number of aldehydes is 1. The van der Waals surface area contributed by atoms with Crippen LogP contribution in [-0.4, -0.2) is 68.3 Å². The van der Waals surface area contributed by atoms with Gasteiger partial charge in [0.05, 0.1) is 6.61 Å². The molecule has 8 heteroatoms. The average molecular weight is 222 g/mol. The molecule has 0 radical (unpaired) electrons. The summed E-state index contributed by atoms with van der Waals surface area (Å²) >= 11 is 0. The van der Waals surface area contributed by atoms with Crippen molar-refractivity contribution in [2.45, 2.75) is 24.4 Å². The number of carbonyl (C=O) groups is 1. The van der Waals surface area contributed by atoms with Crippen LogP contribution in [0.3, 0.4) is 0 Å². The Bertz CT molecular complexity index is 149. The molecule has 0 fully saturated rings. The summed E-state index contributed by atoms with van der Waals surface area (Å²) in [6, 6.07) is 0. The summed E-state index contributed by atoms with van der Waals surface area (Å²) in [5, 5.41) is 43.5. The molecule has 7 N–H and O–H groups in total. The molecule has 0 aromatic heterocycles. The normalized spacial score (nSPS) is 18.1. The Balaban J connectivity index is -0.000000202. The Labute approximate surface area is 104 Å². The van der Waals surface area contributed by atoms with Crippen molar-refractivity contribution in [1.82, 2.24) is 0 Å². The zero-order chi connectivity index (χ0) is 9.72.